The van der Waals surface area contributed by atoms with E-state index in [1.807, 2.05) is 0 Å². The van der Waals surface area contributed by atoms with Gasteiger partial charge in [-0.1, -0.05) is 0 Å². The summed E-state index contributed by atoms with van der Waals surface area (Å²) in [5.41, 5.74) is 0.470. The Labute approximate surface area is 166 Å². The maximum Gasteiger partial charge on any atom is 0.312 e. The minimum atomic E-state index is -1.52. The van der Waals surface area contributed by atoms with E-state index in [1.54, 1.807) is 6.07 Å². The lowest BCUT2D eigenvalue weighted by molar-refractivity contribution is -0.352. The minimum absolute atomic E-state index is 0.0434. The smallest absolute Gasteiger partial charge is 0.312 e. The molecule has 0 aromatic heterocycles. The van der Waals surface area contributed by atoms with Crippen LogP contribution in [0.5, 0.6) is 11.5 Å². The SMILES string of the molecule is COc1cc(C2(OCCO[C@H]3OC(CO)[C@@H](O)C(O)[C@H]3O)OCCO2)ccc1O. The molecule has 0 aliphatic carbocycles. The van der Waals surface area contributed by atoms with Crippen LogP contribution < -0.4 is 4.74 Å². The van der Waals surface area contributed by atoms with E-state index in [9.17, 15) is 25.5 Å². The number of methoxy groups -OCH3 is 1. The molecule has 3 rings (SSSR count). The van der Waals surface area contributed by atoms with Crippen LogP contribution >= 0.6 is 0 Å². The summed E-state index contributed by atoms with van der Waals surface area (Å²) in [5, 5.41) is 48.5. The summed E-state index contributed by atoms with van der Waals surface area (Å²) >= 11 is 0. The molecule has 5 atom stereocenters. The van der Waals surface area contributed by atoms with Crippen molar-refractivity contribution in [2.75, 3.05) is 40.1 Å². The van der Waals surface area contributed by atoms with Gasteiger partial charge in [0.2, 0.25) is 0 Å². The molecule has 0 saturated carbocycles. The van der Waals surface area contributed by atoms with Gasteiger partial charge in [-0.15, -0.1) is 0 Å². The Hall–Kier alpha value is -1.54. The van der Waals surface area contributed by atoms with Gasteiger partial charge in [0.1, 0.15) is 24.4 Å². The van der Waals surface area contributed by atoms with Gasteiger partial charge in [0.15, 0.2) is 17.8 Å². The zero-order chi connectivity index (χ0) is 21.0. The van der Waals surface area contributed by atoms with Crippen LogP contribution in [0.4, 0.5) is 0 Å². The highest BCUT2D eigenvalue weighted by Gasteiger charge is 2.44. The predicted molar refractivity (Wildman–Crippen MR) is 93.9 cm³/mol. The van der Waals surface area contributed by atoms with Gasteiger partial charge in [-0.25, -0.2) is 0 Å². The molecule has 0 spiro atoms. The number of ether oxygens (including phenoxy) is 6. The van der Waals surface area contributed by atoms with Crippen LogP contribution in [0.15, 0.2) is 18.2 Å². The molecule has 1 aromatic carbocycles. The molecule has 2 heterocycles. The van der Waals surface area contributed by atoms with Crippen molar-refractivity contribution in [2.45, 2.75) is 36.7 Å². The average Bonchev–Trinajstić information content (AvgIpc) is 3.21. The van der Waals surface area contributed by atoms with Crippen molar-refractivity contribution in [3.63, 3.8) is 0 Å². The van der Waals surface area contributed by atoms with Crippen molar-refractivity contribution in [3.05, 3.63) is 23.8 Å². The molecule has 2 aliphatic rings. The van der Waals surface area contributed by atoms with E-state index in [4.69, 9.17) is 28.4 Å². The summed E-state index contributed by atoms with van der Waals surface area (Å²) in [4.78, 5) is 0. The molecular weight excluding hydrogens is 392 g/mol. The lowest BCUT2D eigenvalue weighted by Crippen LogP contribution is -2.59. The summed E-state index contributed by atoms with van der Waals surface area (Å²) in [5.74, 6) is -1.34. The molecule has 5 N–H and O–H groups in total. The van der Waals surface area contributed by atoms with E-state index in [0.717, 1.165) is 0 Å². The Morgan fingerprint density at radius 1 is 1.07 bits per heavy atom. The topological polar surface area (TPSA) is 157 Å². The third-order valence-corrected chi connectivity index (χ3v) is 4.71. The number of phenolic OH excluding ortho intramolecular Hbond substituents is 1. The molecule has 11 nitrogen and oxygen atoms in total. The molecule has 2 aliphatic heterocycles. The molecule has 29 heavy (non-hydrogen) atoms. The Morgan fingerprint density at radius 2 is 1.79 bits per heavy atom. The number of phenols is 1. The van der Waals surface area contributed by atoms with Crippen LogP contribution in [0.2, 0.25) is 0 Å². The fourth-order valence-corrected chi connectivity index (χ4v) is 3.14. The first-order chi connectivity index (χ1) is 13.9. The monoisotopic (exact) mass is 418 g/mol. The molecule has 2 unspecified atom stereocenters. The van der Waals surface area contributed by atoms with Crippen molar-refractivity contribution in [1.82, 2.24) is 0 Å². The maximum absolute atomic E-state index is 9.97. The fourth-order valence-electron chi connectivity index (χ4n) is 3.14. The van der Waals surface area contributed by atoms with Crippen molar-refractivity contribution < 1.29 is 54.0 Å². The summed E-state index contributed by atoms with van der Waals surface area (Å²) in [7, 11) is 1.41. The zero-order valence-electron chi connectivity index (χ0n) is 15.8. The van der Waals surface area contributed by atoms with Gasteiger partial charge in [0, 0.05) is 5.56 Å². The van der Waals surface area contributed by atoms with Crippen molar-refractivity contribution in [3.8, 4) is 11.5 Å². The van der Waals surface area contributed by atoms with Crippen LogP contribution in [0.1, 0.15) is 5.56 Å². The molecule has 1 aromatic rings. The molecule has 164 valence electrons. The second-order valence-corrected chi connectivity index (χ2v) is 6.56. The summed E-state index contributed by atoms with van der Waals surface area (Å²) < 4.78 is 32.7. The van der Waals surface area contributed by atoms with Crippen LogP contribution in [-0.4, -0.2) is 96.4 Å². The lowest BCUT2D eigenvalue weighted by Gasteiger charge is -2.39. The third-order valence-electron chi connectivity index (χ3n) is 4.71. The molecule has 0 radical (unpaired) electrons. The number of rotatable bonds is 8. The highest BCUT2D eigenvalue weighted by Crippen LogP contribution is 2.37. The number of aliphatic hydroxyl groups excluding tert-OH is 4. The highest BCUT2D eigenvalue weighted by molar-refractivity contribution is 5.42. The fraction of sp³-hybridized carbons (Fsp3) is 0.667. The van der Waals surface area contributed by atoms with E-state index in [2.05, 4.69) is 0 Å². The van der Waals surface area contributed by atoms with Gasteiger partial charge in [0.25, 0.3) is 0 Å². The summed E-state index contributed by atoms with van der Waals surface area (Å²) in [6, 6.07) is 4.52. The van der Waals surface area contributed by atoms with Crippen LogP contribution in [0.3, 0.4) is 0 Å². The number of benzene rings is 1. The largest absolute Gasteiger partial charge is 0.504 e. The van der Waals surface area contributed by atoms with E-state index >= 15 is 0 Å². The first-order valence-electron chi connectivity index (χ1n) is 9.13. The normalized spacial score (nSPS) is 31.7. The first-order valence-corrected chi connectivity index (χ1v) is 9.13. The maximum atomic E-state index is 9.97. The lowest BCUT2D eigenvalue weighted by atomic mass is 9.99. The van der Waals surface area contributed by atoms with Crippen molar-refractivity contribution >= 4 is 0 Å². The highest BCUT2D eigenvalue weighted by atomic mass is 16.9. The third kappa shape index (κ3) is 4.63. The predicted octanol–water partition coefficient (Wildman–Crippen LogP) is -1.61. The molecule has 11 heteroatoms. The van der Waals surface area contributed by atoms with Gasteiger partial charge in [0.05, 0.1) is 40.1 Å². The standard InChI is InChI=1S/C18H26O11/c1-24-12-8-10(2-3-11(12)20)18(27-6-7-28-18)26-5-4-25-17-16(23)15(22)14(21)13(9-19)29-17/h2-3,8,13-17,19-23H,4-7,9H2,1H3/t13?,14-,15?,16-,17+/m1/s1. The average molecular weight is 418 g/mol. The van der Waals surface area contributed by atoms with Gasteiger partial charge in [-0.2, -0.15) is 0 Å². The van der Waals surface area contributed by atoms with Gasteiger partial charge < -0.3 is 54.0 Å². The Bertz CT molecular complexity index is 661. The molecule has 0 bridgehead atoms. The zero-order valence-corrected chi connectivity index (χ0v) is 15.8. The molecular formula is C18H26O11. The van der Waals surface area contributed by atoms with E-state index in [-0.39, 0.29) is 37.9 Å². The summed E-state index contributed by atoms with van der Waals surface area (Å²) in [6.45, 7) is -0.0904. The van der Waals surface area contributed by atoms with Crippen LogP contribution in [-0.2, 0) is 29.7 Å². The van der Waals surface area contributed by atoms with Gasteiger partial charge in [-0.05, 0) is 18.2 Å². The minimum Gasteiger partial charge on any atom is -0.504 e. The van der Waals surface area contributed by atoms with Crippen LogP contribution in [0.25, 0.3) is 0 Å². The molecule has 2 saturated heterocycles. The second-order valence-electron chi connectivity index (χ2n) is 6.56. The van der Waals surface area contributed by atoms with Crippen molar-refractivity contribution in [1.29, 1.82) is 0 Å². The molecule has 0 amide bonds. The van der Waals surface area contributed by atoms with E-state index < -0.39 is 43.3 Å². The second kappa shape index (κ2) is 9.51. The quantitative estimate of drug-likeness (QED) is 0.310. The Balaban J connectivity index is 1.59. The van der Waals surface area contributed by atoms with Crippen molar-refractivity contribution in [2.24, 2.45) is 0 Å². The van der Waals surface area contributed by atoms with Crippen LogP contribution in [0, 0.1) is 0 Å². The number of hydrogen-bond donors (Lipinski definition) is 5. The first kappa shape index (κ1) is 22.2. The summed E-state index contributed by atoms with van der Waals surface area (Å²) in [6.07, 6.45) is -6.80. The van der Waals surface area contributed by atoms with Gasteiger partial charge >= 0.3 is 5.97 Å². The number of aromatic hydroxyl groups is 1. The van der Waals surface area contributed by atoms with E-state index in [0.29, 0.717) is 5.56 Å². The van der Waals surface area contributed by atoms with E-state index in [1.165, 1.54) is 19.2 Å². The number of aliphatic hydroxyl groups is 4. The Kier molecular flexibility index (Phi) is 7.27. The Morgan fingerprint density at radius 3 is 2.45 bits per heavy atom. The number of hydrogen-bond acceptors (Lipinski definition) is 11. The molecule has 2 fully saturated rings. The van der Waals surface area contributed by atoms with Gasteiger partial charge in [-0.3, -0.25) is 0 Å².